The molecular formula is C12H24O. The molecule has 0 aromatic heterocycles. The van der Waals surface area contributed by atoms with Gasteiger partial charge in [-0.2, -0.15) is 0 Å². The van der Waals surface area contributed by atoms with Gasteiger partial charge in [-0.15, -0.1) is 0 Å². The first-order valence-corrected chi connectivity index (χ1v) is 5.97. The van der Waals surface area contributed by atoms with Gasteiger partial charge in [0.1, 0.15) is 0 Å². The van der Waals surface area contributed by atoms with Crippen LogP contribution in [0.25, 0.3) is 0 Å². The van der Waals surface area contributed by atoms with Crippen molar-refractivity contribution in [3.63, 3.8) is 0 Å². The van der Waals surface area contributed by atoms with Crippen molar-refractivity contribution in [2.75, 3.05) is 0 Å². The molecule has 1 fully saturated rings. The van der Waals surface area contributed by atoms with Gasteiger partial charge in [-0.05, 0) is 31.1 Å². The van der Waals surface area contributed by atoms with E-state index in [0.717, 1.165) is 6.42 Å². The summed E-state index contributed by atoms with van der Waals surface area (Å²) in [5.41, 5.74) is 0. The largest absolute Gasteiger partial charge is 0.393 e. The molecule has 0 saturated heterocycles. The zero-order valence-corrected chi connectivity index (χ0v) is 9.13. The summed E-state index contributed by atoms with van der Waals surface area (Å²) >= 11 is 0. The summed E-state index contributed by atoms with van der Waals surface area (Å²) in [6.07, 6.45) is 8.79. The number of hydrogen-bond donors (Lipinski definition) is 1. The van der Waals surface area contributed by atoms with Crippen LogP contribution in [0.4, 0.5) is 0 Å². The van der Waals surface area contributed by atoms with Crippen LogP contribution in [0, 0.1) is 11.8 Å². The highest BCUT2D eigenvalue weighted by Crippen LogP contribution is 2.35. The van der Waals surface area contributed by atoms with Crippen molar-refractivity contribution >= 4 is 0 Å². The van der Waals surface area contributed by atoms with Gasteiger partial charge < -0.3 is 5.11 Å². The standard InChI is InChI=1S/C12H24O/c1-3-5-7-10(4-2)12(13)11-8-6-9-11/h10-13H,3-9H2,1-2H3. The molecule has 1 rings (SSSR count). The molecule has 1 aliphatic carbocycles. The molecule has 0 radical (unpaired) electrons. The number of aliphatic hydroxyl groups excluding tert-OH is 1. The van der Waals surface area contributed by atoms with Crippen molar-refractivity contribution in [3.8, 4) is 0 Å². The van der Waals surface area contributed by atoms with Gasteiger partial charge >= 0.3 is 0 Å². The monoisotopic (exact) mass is 184 g/mol. The third kappa shape index (κ3) is 2.98. The summed E-state index contributed by atoms with van der Waals surface area (Å²) in [5.74, 6) is 1.21. The molecule has 2 unspecified atom stereocenters. The average molecular weight is 184 g/mol. The number of unbranched alkanes of at least 4 members (excludes halogenated alkanes) is 1. The van der Waals surface area contributed by atoms with Crippen LogP contribution in [0.5, 0.6) is 0 Å². The summed E-state index contributed by atoms with van der Waals surface area (Å²) in [5, 5.41) is 10.1. The van der Waals surface area contributed by atoms with E-state index in [1.807, 2.05) is 0 Å². The van der Waals surface area contributed by atoms with Crippen LogP contribution in [0.1, 0.15) is 58.8 Å². The fourth-order valence-electron chi connectivity index (χ4n) is 2.25. The van der Waals surface area contributed by atoms with Crippen molar-refractivity contribution < 1.29 is 5.11 Å². The molecule has 0 aromatic carbocycles. The lowest BCUT2D eigenvalue weighted by Gasteiger charge is -2.35. The summed E-state index contributed by atoms with van der Waals surface area (Å²) in [6.45, 7) is 4.44. The fraction of sp³-hybridized carbons (Fsp3) is 1.00. The van der Waals surface area contributed by atoms with E-state index in [1.54, 1.807) is 0 Å². The Morgan fingerprint density at radius 1 is 1.31 bits per heavy atom. The molecule has 78 valence electrons. The molecule has 1 heteroatoms. The number of aliphatic hydroxyl groups is 1. The molecule has 0 amide bonds. The normalized spacial score (nSPS) is 22.4. The highest BCUT2D eigenvalue weighted by atomic mass is 16.3. The Kier molecular flexibility index (Phi) is 4.79. The van der Waals surface area contributed by atoms with Gasteiger partial charge in [0.2, 0.25) is 0 Å². The highest BCUT2D eigenvalue weighted by molar-refractivity contribution is 4.81. The second-order valence-electron chi connectivity index (χ2n) is 4.49. The van der Waals surface area contributed by atoms with E-state index in [0.29, 0.717) is 11.8 Å². The van der Waals surface area contributed by atoms with E-state index in [-0.39, 0.29) is 6.10 Å². The predicted molar refractivity (Wildman–Crippen MR) is 56.7 cm³/mol. The average Bonchev–Trinajstić information content (AvgIpc) is 2.02. The molecule has 0 heterocycles. The van der Waals surface area contributed by atoms with Crippen LogP contribution in [0.3, 0.4) is 0 Å². The lowest BCUT2D eigenvalue weighted by Crippen LogP contribution is -2.33. The Hall–Kier alpha value is -0.0400. The van der Waals surface area contributed by atoms with Crippen LogP contribution in [-0.4, -0.2) is 11.2 Å². The molecule has 0 aromatic rings. The van der Waals surface area contributed by atoms with E-state index in [2.05, 4.69) is 13.8 Å². The van der Waals surface area contributed by atoms with Crippen molar-refractivity contribution in [2.45, 2.75) is 64.9 Å². The van der Waals surface area contributed by atoms with Crippen LogP contribution >= 0.6 is 0 Å². The van der Waals surface area contributed by atoms with Crippen LogP contribution in [-0.2, 0) is 0 Å². The second kappa shape index (κ2) is 5.64. The first kappa shape index (κ1) is 11.0. The second-order valence-corrected chi connectivity index (χ2v) is 4.49. The maximum atomic E-state index is 10.1. The molecule has 0 spiro atoms. The smallest absolute Gasteiger partial charge is 0.0596 e. The fourth-order valence-corrected chi connectivity index (χ4v) is 2.25. The van der Waals surface area contributed by atoms with Crippen molar-refractivity contribution in [3.05, 3.63) is 0 Å². The SMILES string of the molecule is CCCCC(CC)C(O)C1CCC1. The molecule has 0 bridgehead atoms. The third-order valence-electron chi connectivity index (χ3n) is 3.57. The van der Waals surface area contributed by atoms with Gasteiger partial charge in [0, 0.05) is 0 Å². The highest BCUT2D eigenvalue weighted by Gasteiger charge is 2.30. The third-order valence-corrected chi connectivity index (χ3v) is 3.57. The van der Waals surface area contributed by atoms with E-state index in [1.165, 1.54) is 38.5 Å². The first-order valence-electron chi connectivity index (χ1n) is 5.97. The lowest BCUT2D eigenvalue weighted by atomic mass is 9.75. The molecule has 1 nitrogen and oxygen atoms in total. The van der Waals surface area contributed by atoms with Gasteiger partial charge in [-0.1, -0.05) is 39.5 Å². The summed E-state index contributed by atoms with van der Waals surface area (Å²) in [7, 11) is 0. The van der Waals surface area contributed by atoms with Crippen LogP contribution in [0.15, 0.2) is 0 Å². The van der Waals surface area contributed by atoms with Gasteiger partial charge in [0.15, 0.2) is 0 Å². The summed E-state index contributed by atoms with van der Waals surface area (Å²) < 4.78 is 0. The van der Waals surface area contributed by atoms with Gasteiger partial charge in [-0.3, -0.25) is 0 Å². The molecule has 0 aliphatic heterocycles. The van der Waals surface area contributed by atoms with Gasteiger partial charge in [0.25, 0.3) is 0 Å². The first-order chi connectivity index (χ1) is 6.29. The minimum atomic E-state index is 0.00491. The molecule has 13 heavy (non-hydrogen) atoms. The van der Waals surface area contributed by atoms with Crippen molar-refractivity contribution in [1.82, 2.24) is 0 Å². The van der Waals surface area contributed by atoms with E-state index in [9.17, 15) is 5.11 Å². The van der Waals surface area contributed by atoms with Crippen LogP contribution < -0.4 is 0 Å². The van der Waals surface area contributed by atoms with Gasteiger partial charge in [0.05, 0.1) is 6.10 Å². The minimum Gasteiger partial charge on any atom is -0.393 e. The Morgan fingerprint density at radius 3 is 2.38 bits per heavy atom. The molecule has 2 atom stereocenters. The minimum absolute atomic E-state index is 0.00491. The maximum absolute atomic E-state index is 10.1. The summed E-state index contributed by atoms with van der Waals surface area (Å²) in [6, 6.07) is 0. The topological polar surface area (TPSA) is 20.2 Å². The summed E-state index contributed by atoms with van der Waals surface area (Å²) in [4.78, 5) is 0. The Balaban J connectivity index is 2.26. The number of hydrogen-bond acceptors (Lipinski definition) is 1. The predicted octanol–water partition coefficient (Wildman–Crippen LogP) is 3.36. The zero-order valence-electron chi connectivity index (χ0n) is 9.13. The van der Waals surface area contributed by atoms with Gasteiger partial charge in [-0.25, -0.2) is 0 Å². The Morgan fingerprint density at radius 2 is 2.00 bits per heavy atom. The molecule has 1 saturated carbocycles. The molecule has 1 aliphatic rings. The Bertz CT molecular complexity index is 129. The van der Waals surface area contributed by atoms with Crippen molar-refractivity contribution in [2.24, 2.45) is 11.8 Å². The zero-order chi connectivity index (χ0) is 9.68. The quantitative estimate of drug-likeness (QED) is 0.671. The van der Waals surface area contributed by atoms with E-state index >= 15 is 0 Å². The molecular weight excluding hydrogens is 160 g/mol. The Labute approximate surface area is 82.5 Å². The molecule has 1 N–H and O–H groups in total. The van der Waals surface area contributed by atoms with E-state index < -0.39 is 0 Å². The number of rotatable bonds is 6. The van der Waals surface area contributed by atoms with E-state index in [4.69, 9.17) is 0 Å². The maximum Gasteiger partial charge on any atom is 0.0596 e. The van der Waals surface area contributed by atoms with Crippen LogP contribution in [0.2, 0.25) is 0 Å². The van der Waals surface area contributed by atoms with Crippen molar-refractivity contribution in [1.29, 1.82) is 0 Å². The lowest BCUT2D eigenvalue weighted by molar-refractivity contribution is 0.00961.